The molecule has 0 unspecified atom stereocenters. The summed E-state index contributed by atoms with van der Waals surface area (Å²) in [7, 11) is -3.82. The lowest BCUT2D eigenvalue weighted by molar-refractivity contribution is 0.102. The minimum atomic E-state index is -3.82. The molecule has 0 aromatic heterocycles. The van der Waals surface area contributed by atoms with Crippen LogP contribution in [0.25, 0.3) is 0 Å². The molecule has 0 saturated heterocycles. The highest BCUT2D eigenvalue weighted by atomic mass is 35.5. The highest BCUT2D eigenvalue weighted by Gasteiger charge is 2.12. The molecule has 21 heavy (non-hydrogen) atoms. The molecule has 0 atom stereocenters. The van der Waals surface area contributed by atoms with E-state index in [0.29, 0.717) is 16.3 Å². The van der Waals surface area contributed by atoms with Crippen molar-refractivity contribution in [1.29, 1.82) is 0 Å². The van der Waals surface area contributed by atoms with Crippen LogP contribution < -0.4 is 10.5 Å². The van der Waals surface area contributed by atoms with Crippen molar-refractivity contribution in [2.24, 2.45) is 5.14 Å². The number of hydrogen-bond donors (Lipinski definition) is 2. The first-order chi connectivity index (χ1) is 9.77. The van der Waals surface area contributed by atoms with Gasteiger partial charge in [-0.3, -0.25) is 4.79 Å². The molecule has 110 valence electrons. The fourth-order valence-corrected chi connectivity index (χ4v) is 2.37. The second-order valence-electron chi connectivity index (χ2n) is 4.48. The number of nitrogens with one attached hydrogen (secondary N) is 1. The van der Waals surface area contributed by atoms with Gasteiger partial charge in [-0.1, -0.05) is 17.7 Å². The first-order valence-electron chi connectivity index (χ1n) is 5.98. The maximum Gasteiger partial charge on any atom is 0.255 e. The summed E-state index contributed by atoms with van der Waals surface area (Å²) in [4.78, 5) is 12.0. The third kappa shape index (κ3) is 3.81. The lowest BCUT2D eigenvalue weighted by Gasteiger charge is -2.10. The van der Waals surface area contributed by atoms with Gasteiger partial charge in [-0.15, -0.1) is 0 Å². The Hall–Kier alpha value is -1.89. The topological polar surface area (TPSA) is 89.3 Å². The van der Waals surface area contributed by atoms with E-state index < -0.39 is 10.0 Å². The number of aryl methyl sites for hydroxylation is 1. The van der Waals surface area contributed by atoms with E-state index in [-0.39, 0.29) is 10.8 Å². The molecule has 5 nitrogen and oxygen atoms in total. The summed E-state index contributed by atoms with van der Waals surface area (Å²) in [6, 6.07) is 10.7. The van der Waals surface area contributed by atoms with Gasteiger partial charge in [0.05, 0.1) is 4.90 Å². The van der Waals surface area contributed by atoms with E-state index >= 15 is 0 Å². The summed E-state index contributed by atoms with van der Waals surface area (Å²) in [5.41, 5.74) is 1.53. The Bertz CT molecular complexity index is 786. The summed E-state index contributed by atoms with van der Waals surface area (Å²) in [5.74, 6) is -0.360. The van der Waals surface area contributed by atoms with E-state index in [2.05, 4.69) is 5.32 Å². The molecule has 0 fully saturated rings. The van der Waals surface area contributed by atoms with Gasteiger partial charge in [0.2, 0.25) is 10.0 Å². The van der Waals surface area contributed by atoms with Crippen molar-refractivity contribution in [3.63, 3.8) is 0 Å². The maximum atomic E-state index is 12.1. The summed E-state index contributed by atoms with van der Waals surface area (Å²) in [5, 5.41) is 8.26. The predicted octanol–water partition coefficient (Wildman–Crippen LogP) is 2.55. The third-order valence-electron chi connectivity index (χ3n) is 2.89. The van der Waals surface area contributed by atoms with Crippen LogP contribution in [0.1, 0.15) is 15.9 Å². The van der Waals surface area contributed by atoms with Gasteiger partial charge in [-0.05, 0) is 48.9 Å². The molecule has 7 heteroatoms. The van der Waals surface area contributed by atoms with Gasteiger partial charge in [-0.25, -0.2) is 13.6 Å². The van der Waals surface area contributed by atoms with E-state index in [1.165, 1.54) is 12.1 Å². The number of primary sulfonamides is 1. The molecule has 0 bridgehead atoms. The molecule has 2 aromatic rings. The van der Waals surface area contributed by atoms with Crippen LogP contribution in [-0.4, -0.2) is 14.3 Å². The first-order valence-corrected chi connectivity index (χ1v) is 7.90. The summed E-state index contributed by atoms with van der Waals surface area (Å²) in [6.45, 7) is 1.75. The minimum absolute atomic E-state index is 0.0560. The number of nitrogens with two attached hydrogens (primary N) is 1. The molecular formula is C14H13ClN2O3S. The van der Waals surface area contributed by atoms with Crippen molar-refractivity contribution in [2.75, 3.05) is 5.32 Å². The standard InChI is InChI=1S/C14H13ClN2O3S/c1-9-2-7-12(21(16,19)20)8-13(9)17-14(18)10-3-5-11(15)6-4-10/h2-8H,1H3,(H,17,18)(H2,16,19,20). The van der Waals surface area contributed by atoms with E-state index in [1.807, 2.05) is 0 Å². The van der Waals surface area contributed by atoms with Gasteiger partial charge >= 0.3 is 0 Å². The Morgan fingerprint density at radius 2 is 1.76 bits per heavy atom. The zero-order valence-corrected chi connectivity index (χ0v) is 12.7. The average molecular weight is 325 g/mol. The van der Waals surface area contributed by atoms with Crippen LogP contribution >= 0.6 is 11.6 Å². The quantitative estimate of drug-likeness (QED) is 0.909. The van der Waals surface area contributed by atoms with Gasteiger partial charge in [0.25, 0.3) is 5.91 Å². The maximum absolute atomic E-state index is 12.1. The normalized spacial score (nSPS) is 11.2. The molecular weight excluding hydrogens is 312 g/mol. The van der Waals surface area contributed by atoms with Crippen molar-refractivity contribution < 1.29 is 13.2 Å². The second kappa shape index (κ2) is 5.85. The fraction of sp³-hybridized carbons (Fsp3) is 0.0714. The van der Waals surface area contributed by atoms with Crippen molar-refractivity contribution >= 4 is 33.2 Å². The number of halogens is 1. The Labute approximate surface area is 127 Å². The lowest BCUT2D eigenvalue weighted by atomic mass is 10.1. The van der Waals surface area contributed by atoms with E-state index in [0.717, 1.165) is 5.56 Å². The molecule has 0 heterocycles. The summed E-state index contributed by atoms with van der Waals surface area (Å²) >= 11 is 5.76. The lowest BCUT2D eigenvalue weighted by Crippen LogP contribution is -2.15. The zero-order chi connectivity index (χ0) is 15.6. The molecule has 0 saturated carbocycles. The Morgan fingerprint density at radius 3 is 2.33 bits per heavy atom. The van der Waals surface area contributed by atoms with Crippen molar-refractivity contribution in [2.45, 2.75) is 11.8 Å². The molecule has 0 spiro atoms. The zero-order valence-electron chi connectivity index (χ0n) is 11.1. The van der Waals surface area contributed by atoms with Crippen LogP contribution in [0, 0.1) is 6.92 Å². The van der Waals surface area contributed by atoms with Crippen LogP contribution in [0.5, 0.6) is 0 Å². The number of hydrogen-bond acceptors (Lipinski definition) is 3. The van der Waals surface area contributed by atoms with Gasteiger partial charge in [0.15, 0.2) is 0 Å². The summed E-state index contributed by atoms with van der Waals surface area (Å²) < 4.78 is 22.7. The Morgan fingerprint density at radius 1 is 1.14 bits per heavy atom. The SMILES string of the molecule is Cc1ccc(S(N)(=O)=O)cc1NC(=O)c1ccc(Cl)cc1. The molecule has 2 rings (SSSR count). The third-order valence-corrected chi connectivity index (χ3v) is 4.06. The Kier molecular flexibility index (Phi) is 4.32. The average Bonchev–Trinajstić information content (AvgIpc) is 2.40. The largest absolute Gasteiger partial charge is 0.322 e. The highest BCUT2D eigenvalue weighted by molar-refractivity contribution is 7.89. The van der Waals surface area contributed by atoms with E-state index in [4.69, 9.17) is 16.7 Å². The molecule has 1 amide bonds. The van der Waals surface area contributed by atoms with Crippen molar-refractivity contribution in [3.05, 3.63) is 58.6 Å². The summed E-state index contributed by atoms with van der Waals surface area (Å²) in [6.07, 6.45) is 0. The van der Waals surface area contributed by atoms with Crippen LogP contribution in [0.15, 0.2) is 47.4 Å². The monoisotopic (exact) mass is 324 g/mol. The van der Waals surface area contributed by atoms with Gasteiger partial charge in [-0.2, -0.15) is 0 Å². The molecule has 0 aliphatic rings. The number of rotatable bonds is 3. The minimum Gasteiger partial charge on any atom is -0.322 e. The van der Waals surface area contributed by atoms with Crippen LogP contribution in [0.2, 0.25) is 5.02 Å². The van der Waals surface area contributed by atoms with Gasteiger partial charge in [0, 0.05) is 16.3 Å². The Balaban J connectivity index is 2.31. The van der Waals surface area contributed by atoms with Crippen molar-refractivity contribution in [1.82, 2.24) is 0 Å². The number of carbonyl (C=O) groups excluding carboxylic acids is 1. The fourth-order valence-electron chi connectivity index (χ4n) is 1.71. The number of carbonyl (C=O) groups is 1. The van der Waals surface area contributed by atoms with Crippen LogP contribution in [0.3, 0.4) is 0 Å². The first kappa shape index (κ1) is 15.5. The van der Waals surface area contributed by atoms with Gasteiger partial charge < -0.3 is 5.32 Å². The molecule has 3 N–H and O–H groups in total. The van der Waals surface area contributed by atoms with Gasteiger partial charge in [0.1, 0.15) is 0 Å². The van der Waals surface area contributed by atoms with Crippen LogP contribution in [-0.2, 0) is 10.0 Å². The smallest absolute Gasteiger partial charge is 0.255 e. The predicted molar refractivity (Wildman–Crippen MR) is 82.0 cm³/mol. The highest BCUT2D eigenvalue weighted by Crippen LogP contribution is 2.20. The molecule has 0 aliphatic heterocycles. The number of benzene rings is 2. The molecule has 2 aromatic carbocycles. The number of amides is 1. The van der Waals surface area contributed by atoms with Crippen LogP contribution in [0.4, 0.5) is 5.69 Å². The van der Waals surface area contributed by atoms with E-state index in [1.54, 1.807) is 37.3 Å². The van der Waals surface area contributed by atoms with E-state index in [9.17, 15) is 13.2 Å². The molecule has 0 radical (unpaired) electrons. The number of sulfonamides is 1. The second-order valence-corrected chi connectivity index (χ2v) is 6.48. The molecule has 0 aliphatic carbocycles. The van der Waals surface area contributed by atoms with Crippen molar-refractivity contribution in [3.8, 4) is 0 Å². The number of anilines is 1.